The number of esters is 1. The lowest BCUT2D eigenvalue weighted by molar-refractivity contribution is -0.146. The number of nitrogens with zero attached hydrogens (tertiary/aromatic N) is 1. The summed E-state index contributed by atoms with van der Waals surface area (Å²) in [5.41, 5.74) is -1.72. The first-order valence-electron chi connectivity index (χ1n) is 14.4. The van der Waals surface area contributed by atoms with E-state index in [2.05, 4.69) is 5.32 Å². The molecule has 0 saturated heterocycles. The van der Waals surface area contributed by atoms with Crippen LogP contribution < -0.4 is 20.6 Å². The smallest absolute Gasteiger partial charge is 0.344 e. The van der Waals surface area contributed by atoms with Gasteiger partial charge >= 0.3 is 11.6 Å². The summed E-state index contributed by atoms with van der Waals surface area (Å²) >= 11 is 1.30. The molecule has 4 aromatic carbocycles. The van der Waals surface area contributed by atoms with Gasteiger partial charge in [-0.2, -0.15) is 0 Å². The Labute approximate surface area is 260 Å². The fourth-order valence-electron chi connectivity index (χ4n) is 6.96. The molecule has 45 heavy (non-hydrogen) atoms. The molecule has 0 radical (unpaired) electrons. The number of methoxy groups -OCH3 is 1. The van der Waals surface area contributed by atoms with E-state index in [0.717, 1.165) is 10.5 Å². The number of nitrogens with one attached hydrogen (secondary N) is 1. The molecule has 3 atom stereocenters. The van der Waals surface area contributed by atoms with Gasteiger partial charge in [0.05, 0.1) is 30.0 Å². The number of hydrogen-bond acceptors (Lipinski definition) is 8. The number of carbonyl (C=O) groups excluding carboxylic acids is 2. The second-order valence-corrected chi connectivity index (χ2v) is 12.4. The summed E-state index contributed by atoms with van der Waals surface area (Å²) in [6.07, 6.45) is -0.318. The van der Waals surface area contributed by atoms with Crippen molar-refractivity contribution in [1.82, 2.24) is 0 Å². The van der Waals surface area contributed by atoms with E-state index in [1.54, 1.807) is 35.2 Å². The average Bonchev–Trinajstić information content (AvgIpc) is 3.27. The monoisotopic (exact) mass is 620 g/mol. The molecule has 224 valence electrons. The van der Waals surface area contributed by atoms with Gasteiger partial charge in [0.25, 0.3) is 0 Å². The van der Waals surface area contributed by atoms with Crippen molar-refractivity contribution in [2.24, 2.45) is 0 Å². The van der Waals surface area contributed by atoms with Crippen LogP contribution in [0, 0.1) is 5.82 Å². The number of anilines is 2. The van der Waals surface area contributed by atoms with E-state index in [1.807, 2.05) is 54.6 Å². The number of hydrogen-bond donors (Lipinski definition) is 1. The number of fused-ring (bicyclic) bond motifs is 9. The maximum absolute atomic E-state index is 15.4. The maximum Gasteiger partial charge on any atom is 0.344 e. The highest BCUT2D eigenvalue weighted by Gasteiger charge is 2.70. The molecule has 1 aromatic heterocycles. The van der Waals surface area contributed by atoms with Crippen LogP contribution in [0.4, 0.5) is 15.8 Å². The molecule has 0 saturated carbocycles. The fraction of sp³-hybridized carbons (Fsp3) is 0.171. The summed E-state index contributed by atoms with van der Waals surface area (Å²) in [7, 11) is 1.28. The Morgan fingerprint density at radius 1 is 1.00 bits per heavy atom. The zero-order valence-corrected chi connectivity index (χ0v) is 24.7. The molecule has 1 N–H and O–H groups in total. The second-order valence-electron chi connectivity index (χ2n) is 11.3. The van der Waals surface area contributed by atoms with Gasteiger partial charge in [0.15, 0.2) is 0 Å². The second kappa shape index (κ2) is 9.97. The van der Waals surface area contributed by atoms with Crippen molar-refractivity contribution < 1.29 is 27.9 Å². The topological polar surface area (TPSA) is 98.1 Å². The molecule has 8 rings (SSSR count). The Morgan fingerprint density at radius 2 is 1.76 bits per heavy atom. The summed E-state index contributed by atoms with van der Waals surface area (Å²) in [5, 5.41) is 2.90. The highest BCUT2D eigenvalue weighted by molar-refractivity contribution is 8.00. The summed E-state index contributed by atoms with van der Waals surface area (Å²) in [4.78, 5) is 45.1. The molecule has 0 fully saturated rings. The zero-order valence-electron chi connectivity index (χ0n) is 23.9. The molecule has 5 aromatic rings. The van der Waals surface area contributed by atoms with Crippen molar-refractivity contribution in [3.05, 3.63) is 130 Å². The van der Waals surface area contributed by atoms with Gasteiger partial charge in [-0.3, -0.25) is 9.59 Å². The molecular weight excluding hydrogens is 595 g/mol. The molecule has 8 nitrogen and oxygen atoms in total. The van der Waals surface area contributed by atoms with Crippen LogP contribution in [-0.2, 0) is 26.3 Å². The predicted molar refractivity (Wildman–Crippen MR) is 167 cm³/mol. The number of halogens is 1. The summed E-state index contributed by atoms with van der Waals surface area (Å²) in [6.45, 7) is 0.167. The van der Waals surface area contributed by atoms with Gasteiger partial charge < -0.3 is 24.1 Å². The van der Waals surface area contributed by atoms with E-state index < -0.39 is 39.7 Å². The van der Waals surface area contributed by atoms with Gasteiger partial charge in [-0.15, -0.1) is 11.8 Å². The predicted octanol–water partition coefficient (Wildman–Crippen LogP) is 6.00. The number of rotatable bonds is 4. The van der Waals surface area contributed by atoms with Crippen LogP contribution >= 0.6 is 11.8 Å². The van der Waals surface area contributed by atoms with E-state index in [1.165, 1.54) is 31.0 Å². The molecule has 3 aliphatic rings. The van der Waals surface area contributed by atoms with Crippen LogP contribution in [0.1, 0.15) is 23.1 Å². The summed E-state index contributed by atoms with van der Waals surface area (Å²) < 4.78 is 33.2. The van der Waals surface area contributed by atoms with E-state index in [-0.39, 0.29) is 29.9 Å². The molecule has 4 heterocycles. The molecular formula is C35H25FN2O6S. The minimum absolute atomic E-state index is 0.0345. The van der Waals surface area contributed by atoms with Crippen LogP contribution in [0.3, 0.4) is 0 Å². The highest BCUT2D eigenvalue weighted by atomic mass is 32.2. The number of amides is 1. The summed E-state index contributed by atoms with van der Waals surface area (Å²) in [5.74, 6) is -1.52. The summed E-state index contributed by atoms with van der Waals surface area (Å²) in [6, 6.07) is 27.9. The van der Waals surface area contributed by atoms with Crippen LogP contribution in [-0.4, -0.2) is 30.0 Å². The van der Waals surface area contributed by atoms with Crippen molar-refractivity contribution in [3.8, 4) is 5.75 Å². The third-order valence-corrected chi connectivity index (χ3v) is 10.4. The third kappa shape index (κ3) is 3.88. The Morgan fingerprint density at radius 3 is 2.58 bits per heavy atom. The quantitative estimate of drug-likeness (QED) is 0.193. The third-order valence-electron chi connectivity index (χ3n) is 8.81. The number of para-hydroxylation sites is 2. The van der Waals surface area contributed by atoms with Crippen LogP contribution in [0.15, 0.2) is 111 Å². The molecule has 0 bridgehead atoms. The first kappa shape index (κ1) is 27.5. The van der Waals surface area contributed by atoms with Crippen molar-refractivity contribution in [2.75, 3.05) is 17.3 Å². The fourth-order valence-corrected chi connectivity index (χ4v) is 8.52. The van der Waals surface area contributed by atoms with Crippen molar-refractivity contribution in [2.45, 2.75) is 34.3 Å². The standard InChI is InChI=1S/C35H25FN2O6S/c1-42-28(39)18-34-32(45-27-14-8-6-12-24(27)37-34)35(29-30(44-34)22-11-5-7-13-26(22)43-31(29)40)23-17-21(36)15-16-25(23)38(33(35)41)19-20-9-3-2-4-10-20/h2-17,32,37H,18-19H2,1H3/t32-,34-,35-/m0/s1. The first-order valence-corrected chi connectivity index (χ1v) is 15.3. The molecule has 1 amide bonds. The number of ether oxygens (including phenoxy) is 2. The van der Waals surface area contributed by atoms with E-state index >= 15 is 9.18 Å². The lowest BCUT2D eigenvalue weighted by atomic mass is 9.67. The van der Waals surface area contributed by atoms with E-state index in [9.17, 15) is 9.59 Å². The van der Waals surface area contributed by atoms with Gasteiger partial charge in [-0.25, -0.2) is 9.18 Å². The lowest BCUT2D eigenvalue weighted by Crippen LogP contribution is -2.69. The van der Waals surface area contributed by atoms with Gasteiger partial charge in [0.2, 0.25) is 11.6 Å². The van der Waals surface area contributed by atoms with Crippen molar-refractivity contribution >= 4 is 46.0 Å². The normalized spacial score (nSPS) is 22.6. The zero-order chi connectivity index (χ0) is 30.9. The minimum Gasteiger partial charge on any atom is -0.469 e. The Hall–Kier alpha value is -5.09. The lowest BCUT2D eigenvalue weighted by Gasteiger charge is -2.54. The van der Waals surface area contributed by atoms with Crippen molar-refractivity contribution in [1.29, 1.82) is 0 Å². The Kier molecular flexibility index (Phi) is 6.08. The average molecular weight is 621 g/mol. The molecule has 3 aliphatic heterocycles. The number of thioether (sulfide) groups is 1. The first-order chi connectivity index (χ1) is 21.9. The minimum atomic E-state index is -1.83. The van der Waals surface area contributed by atoms with Gasteiger partial charge in [-0.1, -0.05) is 54.6 Å². The molecule has 10 heteroatoms. The molecule has 0 aliphatic carbocycles. The van der Waals surface area contributed by atoms with E-state index in [0.29, 0.717) is 22.3 Å². The number of carbonyl (C=O) groups is 2. The molecule has 0 unspecified atom stereocenters. The Bertz CT molecular complexity index is 2100. The largest absolute Gasteiger partial charge is 0.469 e. The number of benzene rings is 4. The van der Waals surface area contributed by atoms with Crippen LogP contribution in [0.5, 0.6) is 5.75 Å². The van der Waals surface area contributed by atoms with Gasteiger partial charge in [-0.05, 0) is 48.0 Å². The van der Waals surface area contributed by atoms with Gasteiger partial charge in [0.1, 0.15) is 34.5 Å². The van der Waals surface area contributed by atoms with Gasteiger partial charge in [0, 0.05) is 16.1 Å². The Balaban J connectivity index is 1.50. The van der Waals surface area contributed by atoms with Crippen LogP contribution in [0.25, 0.3) is 11.0 Å². The van der Waals surface area contributed by atoms with Crippen molar-refractivity contribution in [3.63, 3.8) is 0 Å². The van der Waals surface area contributed by atoms with Crippen LogP contribution in [0.2, 0.25) is 0 Å². The highest BCUT2D eigenvalue weighted by Crippen LogP contribution is 2.63. The maximum atomic E-state index is 15.4. The van der Waals surface area contributed by atoms with E-state index in [4.69, 9.17) is 13.9 Å². The SMILES string of the molecule is COC(=O)C[C@@]12Nc3ccccc3S[C@@H]1[C@@]1(C(=O)N(Cc3ccccc3)c3ccc(F)cc31)c1c(c3ccccc3oc1=O)O2. The molecule has 1 spiro atoms.